The Morgan fingerprint density at radius 1 is 1.11 bits per heavy atom. The molecule has 1 N–H and O–H groups in total. The number of nitrogens with one attached hydrogen (secondary N) is 1. The van der Waals surface area contributed by atoms with Gasteiger partial charge in [0.1, 0.15) is 11.6 Å². The van der Waals surface area contributed by atoms with Crippen molar-refractivity contribution in [1.29, 1.82) is 0 Å². The van der Waals surface area contributed by atoms with Crippen LogP contribution in [0.4, 0.5) is 15.9 Å². The highest BCUT2D eigenvalue weighted by atomic mass is 19.1. The summed E-state index contributed by atoms with van der Waals surface area (Å²) in [6.07, 6.45) is 0. The number of anilines is 2. The second-order valence-corrected chi connectivity index (χ2v) is 6.76. The third kappa shape index (κ3) is 4.91. The predicted molar refractivity (Wildman–Crippen MR) is 104 cm³/mol. The maximum absolute atomic E-state index is 13.9. The van der Waals surface area contributed by atoms with Crippen molar-refractivity contribution in [3.05, 3.63) is 47.9 Å². The first-order valence-corrected chi connectivity index (χ1v) is 9.05. The number of rotatable bonds is 6. The van der Waals surface area contributed by atoms with Crippen molar-refractivity contribution in [3.63, 3.8) is 0 Å². The molecule has 1 aliphatic rings. The second kappa shape index (κ2) is 8.77. The number of likely N-dealkylation sites (N-methyl/N-ethyl adjacent to an activating group) is 1. The minimum Gasteiger partial charge on any atom is -0.367 e. The first-order valence-electron chi connectivity index (χ1n) is 9.05. The number of carbonyl (C=O) groups excluding carboxylic acids is 1. The second-order valence-electron chi connectivity index (χ2n) is 6.76. The number of hydrogen-bond donors (Lipinski definition) is 1. The summed E-state index contributed by atoms with van der Waals surface area (Å²) in [5, 5.41) is 11.3. The van der Waals surface area contributed by atoms with E-state index in [1.807, 2.05) is 25.1 Å². The van der Waals surface area contributed by atoms with Crippen molar-refractivity contribution in [2.75, 3.05) is 63.6 Å². The van der Waals surface area contributed by atoms with Crippen molar-refractivity contribution in [1.82, 2.24) is 20.0 Å². The van der Waals surface area contributed by atoms with Crippen LogP contribution < -0.4 is 10.2 Å². The average molecular weight is 372 g/mol. The minimum atomic E-state index is -0.236. The smallest absolute Gasteiger partial charge is 0.274 e. The van der Waals surface area contributed by atoms with Gasteiger partial charge in [0, 0.05) is 39.3 Å². The van der Waals surface area contributed by atoms with Gasteiger partial charge in [0.05, 0.1) is 5.69 Å². The molecule has 1 saturated heterocycles. The lowest BCUT2D eigenvalue weighted by Crippen LogP contribution is -2.49. The van der Waals surface area contributed by atoms with Crippen molar-refractivity contribution < 1.29 is 9.18 Å². The van der Waals surface area contributed by atoms with Gasteiger partial charge in [0.15, 0.2) is 5.69 Å². The topological polar surface area (TPSA) is 64.6 Å². The summed E-state index contributed by atoms with van der Waals surface area (Å²) in [4.78, 5) is 18.4. The average Bonchev–Trinajstić information content (AvgIpc) is 2.68. The highest BCUT2D eigenvalue weighted by Crippen LogP contribution is 2.20. The number of nitrogens with zero attached hydrogens (tertiary/aromatic N) is 5. The maximum atomic E-state index is 13.9. The standard InChI is InChI=1S/C19H25FN6O/c1-24(2)10-9-21-18-8-7-16(22-23-18)19(27)26-13-11-25(12-14-26)17-6-4-3-5-15(17)20/h3-8H,9-14H2,1-2H3,(H,21,23). The summed E-state index contributed by atoms with van der Waals surface area (Å²) < 4.78 is 13.9. The van der Waals surface area contributed by atoms with Gasteiger partial charge in [0.2, 0.25) is 0 Å². The Balaban J connectivity index is 1.54. The zero-order chi connectivity index (χ0) is 19.2. The number of para-hydroxylation sites is 1. The summed E-state index contributed by atoms with van der Waals surface area (Å²) in [6.45, 7) is 3.87. The van der Waals surface area contributed by atoms with Crippen LogP contribution >= 0.6 is 0 Å². The Kier molecular flexibility index (Phi) is 6.18. The summed E-state index contributed by atoms with van der Waals surface area (Å²) in [6, 6.07) is 10.2. The molecule has 8 heteroatoms. The molecular formula is C19H25FN6O. The quantitative estimate of drug-likeness (QED) is 0.830. The van der Waals surface area contributed by atoms with Gasteiger partial charge in [-0.2, -0.15) is 0 Å². The predicted octanol–water partition coefficient (Wildman–Crippen LogP) is 1.55. The van der Waals surface area contributed by atoms with E-state index in [1.165, 1.54) is 6.07 Å². The molecule has 0 spiro atoms. The van der Waals surface area contributed by atoms with Crippen LogP contribution in [-0.4, -0.2) is 79.3 Å². The monoisotopic (exact) mass is 372 g/mol. The zero-order valence-corrected chi connectivity index (χ0v) is 15.7. The van der Waals surface area contributed by atoms with Crippen LogP contribution in [0.1, 0.15) is 10.5 Å². The van der Waals surface area contributed by atoms with E-state index < -0.39 is 0 Å². The molecule has 1 aromatic carbocycles. The van der Waals surface area contributed by atoms with Crippen LogP contribution in [0.2, 0.25) is 0 Å². The van der Waals surface area contributed by atoms with Gasteiger partial charge < -0.3 is 20.0 Å². The molecule has 2 aromatic rings. The fourth-order valence-corrected chi connectivity index (χ4v) is 2.97. The number of benzene rings is 1. The number of piperazine rings is 1. The molecule has 1 aromatic heterocycles. The zero-order valence-electron chi connectivity index (χ0n) is 15.7. The molecule has 0 atom stereocenters. The van der Waals surface area contributed by atoms with Crippen LogP contribution in [0, 0.1) is 5.82 Å². The SMILES string of the molecule is CN(C)CCNc1ccc(C(=O)N2CCN(c3ccccc3F)CC2)nn1. The lowest BCUT2D eigenvalue weighted by molar-refractivity contribution is 0.0739. The molecule has 1 fully saturated rings. The molecule has 1 aliphatic heterocycles. The molecule has 0 bridgehead atoms. The van der Waals surface area contributed by atoms with E-state index in [4.69, 9.17) is 0 Å². The van der Waals surface area contributed by atoms with E-state index >= 15 is 0 Å². The molecule has 0 radical (unpaired) electrons. The number of amides is 1. The fourth-order valence-electron chi connectivity index (χ4n) is 2.97. The molecule has 1 amide bonds. The van der Waals surface area contributed by atoms with Gasteiger partial charge in [-0.25, -0.2) is 4.39 Å². The van der Waals surface area contributed by atoms with Gasteiger partial charge in [-0.3, -0.25) is 4.79 Å². The van der Waals surface area contributed by atoms with Crippen LogP contribution in [0.3, 0.4) is 0 Å². The summed E-state index contributed by atoms with van der Waals surface area (Å²) in [7, 11) is 4.00. The molecular weight excluding hydrogens is 347 g/mol. The van der Waals surface area contributed by atoms with Crippen molar-refractivity contribution in [2.45, 2.75) is 0 Å². The third-order valence-corrected chi connectivity index (χ3v) is 4.51. The first kappa shape index (κ1) is 19.0. The molecule has 0 saturated carbocycles. The number of hydrogen-bond acceptors (Lipinski definition) is 6. The normalized spacial score (nSPS) is 14.5. The van der Waals surface area contributed by atoms with Gasteiger partial charge in [-0.1, -0.05) is 12.1 Å². The Labute approximate surface area is 158 Å². The highest BCUT2D eigenvalue weighted by Gasteiger charge is 2.24. The number of carbonyl (C=O) groups is 1. The Bertz CT molecular complexity index is 759. The molecule has 2 heterocycles. The third-order valence-electron chi connectivity index (χ3n) is 4.51. The summed E-state index contributed by atoms with van der Waals surface area (Å²) >= 11 is 0. The fraction of sp³-hybridized carbons (Fsp3) is 0.421. The van der Waals surface area contributed by atoms with E-state index in [0.717, 1.165) is 13.1 Å². The van der Waals surface area contributed by atoms with Gasteiger partial charge >= 0.3 is 0 Å². The minimum absolute atomic E-state index is 0.143. The van der Waals surface area contributed by atoms with Crippen LogP contribution in [-0.2, 0) is 0 Å². The van der Waals surface area contributed by atoms with E-state index in [0.29, 0.717) is 43.4 Å². The largest absolute Gasteiger partial charge is 0.367 e. The van der Waals surface area contributed by atoms with Gasteiger partial charge in [-0.05, 0) is 38.4 Å². The number of aromatic nitrogens is 2. The molecule has 0 aliphatic carbocycles. The Morgan fingerprint density at radius 3 is 2.48 bits per heavy atom. The Morgan fingerprint density at radius 2 is 1.85 bits per heavy atom. The van der Waals surface area contributed by atoms with Gasteiger partial charge in [-0.15, -0.1) is 10.2 Å². The molecule has 144 valence electrons. The first-order chi connectivity index (χ1) is 13.0. The lowest BCUT2D eigenvalue weighted by atomic mass is 10.2. The van der Waals surface area contributed by atoms with Crippen LogP contribution in [0.25, 0.3) is 0 Å². The maximum Gasteiger partial charge on any atom is 0.274 e. The van der Waals surface area contributed by atoms with Crippen molar-refractivity contribution in [3.8, 4) is 0 Å². The van der Waals surface area contributed by atoms with Crippen molar-refractivity contribution in [2.24, 2.45) is 0 Å². The molecule has 27 heavy (non-hydrogen) atoms. The number of halogens is 1. The molecule has 7 nitrogen and oxygen atoms in total. The molecule has 3 rings (SSSR count). The highest BCUT2D eigenvalue weighted by molar-refractivity contribution is 5.92. The van der Waals surface area contributed by atoms with Crippen LogP contribution in [0.15, 0.2) is 36.4 Å². The van der Waals surface area contributed by atoms with Crippen LogP contribution in [0.5, 0.6) is 0 Å². The van der Waals surface area contributed by atoms with Crippen molar-refractivity contribution >= 4 is 17.4 Å². The Hall–Kier alpha value is -2.74. The lowest BCUT2D eigenvalue weighted by Gasteiger charge is -2.36. The molecule has 0 unspecified atom stereocenters. The van der Waals surface area contributed by atoms with E-state index in [1.54, 1.807) is 29.2 Å². The summed E-state index contributed by atoms with van der Waals surface area (Å²) in [5.41, 5.74) is 0.907. The van der Waals surface area contributed by atoms with E-state index in [9.17, 15) is 9.18 Å². The van der Waals surface area contributed by atoms with Gasteiger partial charge in [0.25, 0.3) is 5.91 Å². The van der Waals surface area contributed by atoms with E-state index in [2.05, 4.69) is 20.4 Å². The van der Waals surface area contributed by atoms with E-state index in [-0.39, 0.29) is 11.7 Å². The summed E-state index contributed by atoms with van der Waals surface area (Å²) in [5.74, 6) is 0.272.